The maximum atomic E-state index is 12.7. The maximum Gasteiger partial charge on any atom is 0.349 e. The number of nitrogens with one attached hydrogen (secondary N) is 1. The standard InChI is InChI=1S/C27H23N3O6/c1-3-7-19-13-18(15-28-30-25(31)21-10-4-5-11-22(21)29-27(30)34)14-23(35-2)24(19)36-16-17-8-6-9-20(12-17)26(32)33/h3-6,8-15H,1,7,16H2,2H3,(H,29,34)(H,32,33). The molecule has 0 aliphatic heterocycles. The van der Waals surface area contributed by atoms with Crippen molar-refractivity contribution >= 4 is 23.1 Å². The Bertz CT molecular complexity index is 1600. The number of aromatic carboxylic acids is 1. The van der Waals surface area contributed by atoms with Crippen molar-refractivity contribution in [3.05, 3.63) is 116 Å². The van der Waals surface area contributed by atoms with Gasteiger partial charge in [0, 0.05) is 5.56 Å². The lowest BCUT2D eigenvalue weighted by molar-refractivity contribution is 0.0696. The zero-order valence-corrected chi connectivity index (χ0v) is 19.4. The van der Waals surface area contributed by atoms with Gasteiger partial charge in [0.15, 0.2) is 11.5 Å². The summed E-state index contributed by atoms with van der Waals surface area (Å²) >= 11 is 0. The first-order valence-corrected chi connectivity index (χ1v) is 11.0. The number of para-hydroxylation sites is 1. The Kier molecular flexibility index (Phi) is 7.10. The monoisotopic (exact) mass is 485 g/mol. The van der Waals surface area contributed by atoms with E-state index < -0.39 is 17.2 Å². The second kappa shape index (κ2) is 10.6. The number of carboxylic acids is 1. The van der Waals surface area contributed by atoms with Gasteiger partial charge in [-0.05, 0) is 53.9 Å². The second-order valence-electron chi connectivity index (χ2n) is 7.84. The Morgan fingerprint density at radius 2 is 1.94 bits per heavy atom. The van der Waals surface area contributed by atoms with Gasteiger partial charge in [0.25, 0.3) is 5.56 Å². The molecular formula is C27H23N3O6. The average molecular weight is 485 g/mol. The highest BCUT2D eigenvalue weighted by atomic mass is 16.5. The number of carboxylic acid groups (broad SMARTS) is 1. The molecule has 0 spiro atoms. The van der Waals surface area contributed by atoms with Crippen LogP contribution in [-0.4, -0.2) is 34.1 Å². The highest BCUT2D eigenvalue weighted by Gasteiger charge is 2.14. The molecule has 1 heterocycles. The number of aromatic amines is 1. The Balaban J connectivity index is 1.68. The van der Waals surface area contributed by atoms with E-state index in [-0.39, 0.29) is 12.2 Å². The van der Waals surface area contributed by atoms with Crippen LogP contribution in [0.25, 0.3) is 10.9 Å². The van der Waals surface area contributed by atoms with Gasteiger partial charge < -0.3 is 19.6 Å². The summed E-state index contributed by atoms with van der Waals surface area (Å²) in [6.45, 7) is 3.91. The number of hydrogen-bond acceptors (Lipinski definition) is 6. The fourth-order valence-electron chi connectivity index (χ4n) is 3.71. The lowest BCUT2D eigenvalue weighted by atomic mass is 10.1. The first-order chi connectivity index (χ1) is 17.4. The number of nitrogens with zero attached hydrogens (tertiary/aromatic N) is 2. The molecule has 9 nitrogen and oxygen atoms in total. The first kappa shape index (κ1) is 24.2. The van der Waals surface area contributed by atoms with Gasteiger partial charge in [0.1, 0.15) is 6.61 Å². The van der Waals surface area contributed by atoms with Crippen LogP contribution in [0.3, 0.4) is 0 Å². The number of H-pyrrole nitrogens is 1. The molecule has 0 saturated heterocycles. The summed E-state index contributed by atoms with van der Waals surface area (Å²) in [4.78, 5) is 39.0. The predicted octanol–water partition coefficient (Wildman–Crippen LogP) is 3.59. The third kappa shape index (κ3) is 5.10. The maximum absolute atomic E-state index is 12.7. The quantitative estimate of drug-likeness (QED) is 0.276. The van der Waals surface area contributed by atoms with E-state index in [9.17, 15) is 19.5 Å². The number of allylic oxidation sites excluding steroid dienone is 1. The molecule has 0 bridgehead atoms. The van der Waals surface area contributed by atoms with Crippen LogP contribution in [0.1, 0.15) is 27.0 Å². The van der Waals surface area contributed by atoms with Crippen molar-refractivity contribution in [1.82, 2.24) is 9.66 Å². The third-order valence-corrected chi connectivity index (χ3v) is 5.40. The van der Waals surface area contributed by atoms with Gasteiger partial charge >= 0.3 is 11.7 Å². The summed E-state index contributed by atoms with van der Waals surface area (Å²) in [7, 11) is 1.49. The Morgan fingerprint density at radius 3 is 2.69 bits per heavy atom. The zero-order chi connectivity index (χ0) is 25.7. The fourth-order valence-corrected chi connectivity index (χ4v) is 3.71. The average Bonchev–Trinajstić information content (AvgIpc) is 2.88. The van der Waals surface area contributed by atoms with Crippen LogP contribution >= 0.6 is 0 Å². The lowest BCUT2D eigenvalue weighted by Crippen LogP contribution is -2.32. The molecular weight excluding hydrogens is 462 g/mol. The summed E-state index contributed by atoms with van der Waals surface area (Å²) in [5, 5.41) is 13.7. The zero-order valence-electron chi connectivity index (χ0n) is 19.4. The highest BCUT2D eigenvalue weighted by Crippen LogP contribution is 2.34. The molecule has 0 aliphatic rings. The summed E-state index contributed by atoms with van der Waals surface area (Å²) < 4.78 is 12.3. The Labute approximate surface area is 205 Å². The number of aromatic nitrogens is 2. The van der Waals surface area contributed by atoms with E-state index in [0.717, 1.165) is 10.2 Å². The van der Waals surface area contributed by atoms with Crippen LogP contribution in [0.2, 0.25) is 0 Å². The molecule has 4 aromatic rings. The number of ether oxygens (including phenoxy) is 2. The van der Waals surface area contributed by atoms with Gasteiger partial charge in [-0.1, -0.05) is 30.3 Å². The van der Waals surface area contributed by atoms with Crippen LogP contribution in [-0.2, 0) is 13.0 Å². The summed E-state index contributed by atoms with van der Waals surface area (Å²) in [5.41, 5.74) is 1.40. The molecule has 0 amide bonds. The smallest absolute Gasteiger partial charge is 0.349 e. The lowest BCUT2D eigenvalue weighted by Gasteiger charge is -2.16. The van der Waals surface area contributed by atoms with Crippen molar-refractivity contribution < 1.29 is 19.4 Å². The molecule has 0 fully saturated rings. The number of hydrogen-bond donors (Lipinski definition) is 2. The van der Waals surface area contributed by atoms with Crippen LogP contribution < -0.4 is 20.7 Å². The van der Waals surface area contributed by atoms with E-state index in [4.69, 9.17) is 9.47 Å². The molecule has 0 unspecified atom stereocenters. The number of carbonyl (C=O) groups is 1. The van der Waals surface area contributed by atoms with E-state index >= 15 is 0 Å². The molecule has 36 heavy (non-hydrogen) atoms. The minimum atomic E-state index is -1.02. The minimum Gasteiger partial charge on any atom is -0.493 e. The van der Waals surface area contributed by atoms with Crippen LogP contribution in [0, 0.1) is 0 Å². The summed E-state index contributed by atoms with van der Waals surface area (Å²) in [6.07, 6.45) is 3.53. The van der Waals surface area contributed by atoms with E-state index in [1.54, 1.807) is 60.7 Å². The normalized spacial score (nSPS) is 11.0. The van der Waals surface area contributed by atoms with E-state index in [0.29, 0.717) is 39.9 Å². The van der Waals surface area contributed by atoms with Crippen molar-refractivity contribution in [3.8, 4) is 11.5 Å². The molecule has 9 heteroatoms. The number of fused-ring (bicyclic) bond motifs is 1. The van der Waals surface area contributed by atoms with Crippen LogP contribution in [0.15, 0.2) is 88.0 Å². The Hall–Kier alpha value is -4.92. The molecule has 0 radical (unpaired) electrons. The Morgan fingerprint density at radius 1 is 1.14 bits per heavy atom. The van der Waals surface area contributed by atoms with Gasteiger partial charge in [0.05, 0.1) is 29.8 Å². The molecule has 182 valence electrons. The van der Waals surface area contributed by atoms with Gasteiger partial charge in [0.2, 0.25) is 0 Å². The molecule has 1 aromatic heterocycles. The number of benzene rings is 3. The number of methoxy groups -OCH3 is 1. The van der Waals surface area contributed by atoms with Crippen molar-refractivity contribution in [2.45, 2.75) is 13.0 Å². The van der Waals surface area contributed by atoms with Crippen LogP contribution in [0.4, 0.5) is 0 Å². The fraction of sp³-hybridized carbons (Fsp3) is 0.111. The third-order valence-electron chi connectivity index (χ3n) is 5.40. The molecule has 4 rings (SSSR count). The van der Waals surface area contributed by atoms with Gasteiger partial charge in [-0.3, -0.25) is 4.79 Å². The predicted molar refractivity (Wildman–Crippen MR) is 136 cm³/mol. The van der Waals surface area contributed by atoms with Crippen molar-refractivity contribution in [2.75, 3.05) is 7.11 Å². The molecule has 0 saturated carbocycles. The van der Waals surface area contributed by atoms with Gasteiger partial charge in [-0.25, -0.2) is 9.59 Å². The van der Waals surface area contributed by atoms with Crippen LogP contribution in [0.5, 0.6) is 11.5 Å². The largest absolute Gasteiger partial charge is 0.493 e. The minimum absolute atomic E-state index is 0.122. The topological polar surface area (TPSA) is 123 Å². The van der Waals surface area contributed by atoms with Crippen molar-refractivity contribution in [3.63, 3.8) is 0 Å². The molecule has 2 N–H and O–H groups in total. The summed E-state index contributed by atoms with van der Waals surface area (Å²) in [5.74, 6) is -0.143. The second-order valence-corrected chi connectivity index (χ2v) is 7.84. The highest BCUT2D eigenvalue weighted by molar-refractivity contribution is 5.87. The van der Waals surface area contributed by atoms with Gasteiger partial charge in [-0.2, -0.15) is 5.10 Å². The number of rotatable bonds is 9. The first-order valence-electron chi connectivity index (χ1n) is 11.0. The SMILES string of the molecule is C=CCc1cc(C=Nn2c(=O)[nH]c3ccccc3c2=O)cc(OC)c1OCc1cccc(C(=O)O)c1. The van der Waals surface area contributed by atoms with Gasteiger partial charge in [-0.15, -0.1) is 11.3 Å². The summed E-state index contributed by atoms with van der Waals surface area (Å²) in [6, 6.07) is 16.6. The van der Waals surface area contributed by atoms with E-state index in [1.807, 2.05) is 0 Å². The van der Waals surface area contributed by atoms with Crippen molar-refractivity contribution in [2.24, 2.45) is 5.10 Å². The van der Waals surface area contributed by atoms with Crippen molar-refractivity contribution in [1.29, 1.82) is 0 Å². The molecule has 0 aliphatic carbocycles. The van der Waals surface area contributed by atoms with E-state index in [1.165, 1.54) is 19.4 Å². The molecule has 3 aromatic carbocycles. The molecule has 0 atom stereocenters. The van der Waals surface area contributed by atoms with E-state index in [2.05, 4.69) is 16.7 Å².